The molecule has 2 nitrogen and oxygen atoms in total. The van der Waals surface area contributed by atoms with Gasteiger partial charge >= 0.3 is 0 Å². The lowest BCUT2D eigenvalue weighted by atomic mass is 9.85. The maximum Gasteiger partial charge on any atom is 0.0493 e. The molecule has 0 saturated heterocycles. The summed E-state index contributed by atoms with van der Waals surface area (Å²) in [7, 11) is 0. The summed E-state index contributed by atoms with van der Waals surface area (Å²) in [5, 5.41) is 3.59. The van der Waals surface area contributed by atoms with Gasteiger partial charge in [0.05, 0.1) is 0 Å². The zero-order valence-corrected chi connectivity index (χ0v) is 12.8. The van der Waals surface area contributed by atoms with Gasteiger partial charge in [-0.1, -0.05) is 26.3 Å². The van der Waals surface area contributed by atoms with Crippen LogP contribution in [0.5, 0.6) is 0 Å². The molecule has 0 radical (unpaired) electrons. The highest BCUT2D eigenvalue weighted by Gasteiger charge is 2.28. The average molecular weight is 299 g/mol. The first kappa shape index (κ1) is 14.5. The third kappa shape index (κ3) is 3.46. The first-order chi connectivity index (χ1) is 7.92. The van der Waals surface area contributed by atoms with Crippen molar-refractivity contribution in [2.24, 2.45) is 11.7 Å². The van der Waals surface area contributed by atoms with Crippen LogP contribution in [0.25, 0.3) is 0 Å². The van der Waals surface area contributed by atoms with Crippen molar-refractivity contribution in [2.75, 3.05) is 11.9 Å². The molecule has 0 fully saturated rings. The Bertz CT molecular complexity index is 378. The second-order valence-corrected chi connectivity index (χ2v) is 5.89. The molecule has 0 aliphatic rings. The molecule has 3 heteroatoms. The second kappa shape index (κ2) is 5.87. The van der Waals surface area contributed by atoms with Gasteiger partial charge in [0.2, 0.25) is 0 Å². The molecular formula is C14H23BrN2. The van der Waals surface area contributed by atoms with E-state index in [1.807, 2.05) is 0 Å². The molecule has 17 heavy (non-hydrogen) atoms. The summed E-state index contributed by atoms with van der Waals surface area (Å²) in [6, 6.07) is 6.32. The van der Waals surface area contributed by atoms with Gasteiger partial charge < -0.3 is 11.1 Å². The van der Waals surface area contributed by atoms with Gasteiger partial charge in [0.1, 0.15) is 0 Å². The fourth-order valence-corrected chi connectivity index (χ4v) is 2.21. The van der Waals surface area contributed by atoms with Crippen LogP contribution in [0.1, 0.15) is 32.8 Å². The summed E-state index contributed by atoms with van der Waals surface area (Å²) < 4.78 is 1.09. The molecule has 1 rings (SSSR count). The Hall–Kier alpha value is -0.540. The Labute approximate surface area is 113 Å². The number of hydrogen-bond donors (Lipinski definition) is 2. The van der Waals surface area contributed by atoms with Crippen LogP contribution in [0.4, 0.5) is 5.69 Å². The van der Waals surface area contributed by atoms with Crippen molar-refractivity contribution in [3.05, 3.63) is 28.2 Å². The van der Waals surface area contributed by atoms with Crippen molar-refractivity contribution in [3.63, 3.8) is 0 Å². The number of benzene rings is 1. The van der Waals surface area contributed by atoms with Crippen molar-refractivity contribution in [1.29, 1.82) is 0 Å². The third-order valence-electron chi connectivity index (χ3n) is 3.67. The average Bonchev–Trinajstić information content (AvgIpc) is 2.32. The highest BCUT2D eigenvalue weighted by molar-refractivity contribution is 9.10. The summed E-state index contributed by atoms with van der Waals surface area (Å²) in [5.41, 5.74) is 8.25. The predicted octanol–water partition coefficient (Wildman–Crippen LogP) is 3.93. The molecule has 0 aliphatic carbocycles. The van der Waals surface area contributed by atoms with Crippen LogP contribution in [0.2, 0.25) is 0 Å². The molecule has 1 aromatic carbocycles. The number of aryl methyl sites for hydroxylation is 1. The molecule has 0 amide bonds. The van der Waals surface area contributed by atoms with Crippen LogP contribution in [0.15, 0.2) is 22.7 Å². The lowest BCUT2D eigenvalue weighted by molar-refractivity contribution is 0.346. The Morgan fingerprint density at radius 1 is 1.47 bits per heavy atom. The SMILES string of the molecule is CCC(C)C(C)(CN)Nc1cc(C)ccc1Br. The highest BCUT2D eigenvalue weighted by Crippen LogP contribution is 2.30. The third-order valence-corrected chi connectivity index (χ3v) is 4.36. The summed E-state index contributed by atoms with van der Waals surface area (Å²) in [4.78, 5) is 0. The first-order valence-electron chi connectivity index (χ1n) is 6.17. The van der Waals surface area contributed by atoms with E-state index in [0.29, 0.717) is 12.5 Å². The monoisotopic (exact) mass is 298 g/mol. The molecule has 2 atom stereocenters. The predicted molar refractivity (Wildman–Crippen MR) is 79.4 cm³/mol. The van der Waals surface area contributed by atoms with Gasteiger partial charge in [0.15, 0.2) is 0 Å². The highest BCUT2D eigenvalue weighted by atomic mass is 79.9. The van der Waals surface area contributed by atoms with Gasteiger partial charge in [-0.3, -0.25) is 0 Å². The summed E-state index contributed by atoms with van der Waals surface area (Å²) in [6.07, 6.45) is 1.12. The van der Waals surface area contributed by atoms with Gasteiger partial charge in [-0.2, -0.15) is 0 Å². The standard InChI is InChI=1S/C14H23BrN2/c1-5-11(3)14(4,9-16)17-13-8-10(2)6-7-12(13)15/h6-8,11,17H,5,9,16H2,1-4H3. The van der Waals surface area contributed by atoms with Crippen LogP contribution in [0.3, 0.4) is 0 Å². The van der Waals surface area contributed by atoms with E-state index in [1.54, 1.807) is 0 Å². The van der Waals surface area contributed by atoms with E-state index in [1.165, 1.54) is 5.56 Å². The van der Waals surface area contributed by atoms with Gasteiger partial charge in [-0.05, 0) is 53.4 Å². The first-order valence-corrected chi connectivity index (χ1v) is 6.96. The summed E-state index contributed by atoms with van der Waals surface area (Å²) in [6.45, 7) is 9.36. The fourth-order valence-electron chi connectivity index (χ4n) is 1.87. The number of nitrogens with two attached hydrogens (primary N) is 1. The number of halogens is 1. The molecule has 0 heterocycles. The van der Waals surface area contributed by atoms with Crippen LogP contribution in [-0.4, -0.2) is 12.1 Å². The minimum absolute atomic E-state index is 0.0644. The number of anilines is 1. The lowest BCUT2D eigenvalue weighted by Crippen LogP contribution is -2.48. The topological polar surface area (TPSA) is 38.0 Å². The minimum atomic E-state index is -0.0644. The second-order valence-electron chi connectivity index (χ2n) is 5.04. The van der Waals surface area contributed by atoms with E-state index < -0.39 is 0 Å². The van der Waals surface area contributed by atoms with E-state index in [-0.39, 0.29) is 5.54 Å². The Balaban J connectivity index is 2.98. The maximum atomic E-state index is 5.94. The van der Waals surface area contributed by atoms with Gasteiger partial charge in [-0.25, -0.2) is 0 Å². The summed E-state index contributed by atoms with van der Waals surface area (Å²) in [5.74, 6) is 0.528. The van der Waals surface area contributed by atoms with E-state index in [9.17, 15) is 0 Å². The number of nitrogens with one attached hydrogen (secondary N) is 1. The van der Waals surface area contributed by atoms with Gasteiger partial charge in [-0.15, -0.1) is 0 Å². The Morgan fingerprint density at radius 3 is 2.65 bits per heavy atom. The molecule has 96 valence electrons. The Morgan fingerprint density at radius 2 is 2.12 bits per heavy atom. The molecule has 3 N–H and O–H groups in total. The molecule has 0 bridgehead atoms. The zero-order chi connectivity index (χ0) is 13.1. The van der Waals surface area contributed by atoms with Crippen molar-refractivity contribution < 1.29 is 0 Å². The van der Waals surface area contributed by atoms with Crippen molar-refractivity contribution in [2.45, 2.75) is 39.7 Å². The Kier molecular flexibility index (Phi) is 5.02. The fraction of sp³-hybridized carbons (Fsp3) is 0.571. The van der Waals surface area contributed by atoms with Crippen LogP contribution in [0, 0.1) is 12.8 Å². The van der Waals surface area contributed by atoms with E-state index in [2.05, 4.69) is 67.1 Å². The van der Waals surface area contributed by atoms with E-state index in [0.717, 1.165) is 16.6 Å². The maximum absolute atomic E-state index is 5.94. The molecule has 0 aromatic heterocycles. The van der Waals surface area contributed by atoms with E-state index in [4.69, 9.17) is 5.73 Å². The van der Waals surface area contributed by atoms with E-state index >= 15 is 0 Å². The van der Waals surface area contributed by atoms with Crippen molar-refractivity contribution >= 4 is 21.6 Å². The quantitative estimate of drug-likeness (QED) is 0.864. The molecule has 0 saturated carbocycles. The van der Waals surface area contributed by atoms with Crippen LogP contribution >= 0.6 is 15.9 Å². The normalized spacial score (nSPS) is 16.4. The van der Waals surface area contributed by atoms with Crippen LogP contribution < -0.4 is 11.1 Å². The number of hydrogen-bond acceptors (Lipinski definition) is 2. The lowest BCUT2D eigenvalue weighted by Gasteiger charge is -2.36. The van der Waals surface area contributed by atoms with Gasteiger partial charge in [0, 0.05) is 22.2 Å². The zero-order valence-electron chi connectivity index (χ0n) is 11.2. The molecule has 1 aromatic rings. The van der Waals surface area contributed by atoms with Gasteiger partial charge in [0.25, 0.3) is 0 Å². The molecule has 2 unspecified atom stereocenters. The van der Waals surface area contributed by atoms with Crippen molar-refractivity contribution in [1.82, 2.24) is 0 Å². The summed E-state index contributed by atoms with van der Waals surface area (Å²) >= 11 is 3.58. The van der Waals surface area contributed by atoms with Crippen molar-refractivity contribution in [3.8, 4) is 0 Å². The largest absolute Gasteiger partial charge is 0.377 e. The molecule has 0 aliphatic heterocycles. The minimum Gasteiger partial charge on any atom is -0.377 e. The molecule has 0 spiro atoms. The molecular weight excluding hydrogens is 276 g/mol. The number of rotatable bonds is 5. The smallest absolute Gasteiger partial charge is 0.0493 e. The van der Waals surface area contributed by atoms with Crippen LogP contribution in [-0.2, 0) is 0 Å².